The number of amides is 1. The highest BCUT2D eigenvalue weighted by Gasteiger charge is 2.26. The number of benzene rings is 2. The molecule has 0 unspecified atom stereocenters. The minimum Gasteiger partial charge on any atom is -0.369 e. The fourth-order valence-electron chi connectivity index (χ4n) is 3.86. The molecule has 154 valence electrons. The van der Waals surface area contributed by atoms with Gasteiger partial charge in [0.2, 0.25) is 0 Å². The summed E-state index contributed by atoms with van der Waals surface area (Å²) in [5.74, 6) is -0.294. The third kappa shape index (κ3) is 4.83. The molecule has 1 aliphatic rings. The van der Waals surface area contributed by atoms with E-state index in [-0.39, 0.29) is 17.8 Å². The Morgan fingerprint density at radius 3 is 2.37 bits per heavy atom. The van der Waals surface area contributed by atoms with Gasteiger partial charge in [-0.05, 0) is 48.0 Å². The molecule has 1 amide bonds. The zero-order valence-corrected chi connectivity index (χ0v) is 16.7. The van der Waals surface area contributed by atoms with E-state index in [0.717, 1.165) is 37.4 Å². The van der Waals surface area contributed by atoms with E-state index in [1.165, 1.54) is 12.1 Å². The van der Waals surface area contributed by atoms with Crippen molar-refractivity contribution in [2.24, 2.45) is 0 Å². The molecule has 1 aliphatic heterocycles. The number of carbonyl (C=O) groups is 1. The summed E-state index contributed by atoms with van der Waals surface area (Å²) in [6.07, 6.45) is 3.63. The van der Waals surface area contributed by atoms with Gasteiger partial charge in [0, 0.05) is 56.4 Å². The van der Waals surface area contributed by atoms with Gasteiger partial charge in [0.15, 0.2) is 0 Å². The Morgan fingerprint density at radius 2 is 1.70 bits per heavy atom. The molecule has 1 saturated heterocycles. The maximum absolute atomic E-state index is 13.2. The van der Waals surface area contributed by atoms with E-state index in [1.54, 1.807) is 6.20 Å². The molecule has 2 heterocycles. The lowest BCUT2D eigenvalue weighted by molar-refractivity contribution is 0.0930. The predicted octanol–water partition coefficient (Wildman–Crippen LogP) is 3.51. The van der Waals surface area contributed by atoms with Crippen molar-refractivity contribution in [2.75, 3.05) is 37.6 Å². The molecule has 0 spiro atoms. The molecule has 0 aliphatic carbocycles. The average Bonchev–Trinajstić information content (AvgIpc) is 2.81. The second-order valence-electron chi connectivity index (χ2n) is 7.38. The smallest absolute Gasteiger partial charge is 0.251 e. The van der Waals surface area contributed by atoms with Gasteiger partial charge in [0.25, 0.3) is 5.91 Å². The van der Waals surface area contributed by atoms with Gasteiger partial charge in [-0.2, -0.15) is 0 Å². The molecule has 30 heavy (non-hydrogen) atoms. The summed E-state index contributed by atoms with van der Waals surface area (Å²) < 4.78 is 13.2. The molecule has 1 N–H and O–H groups in total. The van der Waals surface area contributed by atoms with Gasteiger partial charge >= 0.3 is 0 Å². The van der Waals surface area contributed by atoms with E-state index in [1.807, 2.05) is 54.7 Å². The fraction of sp³-hybridized carbons (Fsp3) is 0.250. The van der Waals surface area contributed by atoms with Gasteiger partial charge < -0.3 is 10.2 Å². The molecular formula is C24H25FN4O. The maximum Gasteiger partial charge on any atom is 0.251 e. The highest BCUT2D eigenvalue weighted by Crippen LogP contribution is 2.24. The molecule has 3 aromatic rings. The van der Waals surface area contributed by atoms with Crippen LogP contribution in [0, 0.1) is 5.82 Å². The molecule has 1 atom stereocenters. The highest BCUT2D eigenvalue weighted by molar-refractivity contribution is 5.94. The predicted molar refractivity (Wildman–Crippen MR) is 116 cm³/mol. The summed E-state index contributed by atoms with van der Waals surface area (Å²) in [5, 5.41) is 3.08. The van der Waals surface area contributed by atoms with Crippen molar-refractivity contribution >= 4 is 11.6 Å². The number of halogens is 1. The van der Waals surface area contributed by atoms with Crippen molar-refractivity contribution in [2.45, 2.75) is 6.04 Å². The molecule has 0 radical (unpaired) electrons. The fourth-order valence-corrected chi connectivity index (χ4v) is 3.86. The molecule has 5 nitrogen and oxygen atoms in total. The van der Waals surface area contributed by atoms with Gasteiger partial charge in [-0.3, -0.25) is 14.7 Å². The third-order valence-corrected chi connectivity index (χ3v) is 5.51. The van der Waals surface area contributed by atoms with E-state index >= 15 is 0 Å². The number of pyridine rings is 1. The van der Waals surface area contributed by atoms with Crippen LogP contribution in [0.3, 0.4) is 0 Å². The van der Waals surface area contributed by atoms with Crippen molar-refractivity contribution in [3.63, 3.8) is 0 Å². The van der Waals surface area contributed by atoms with Crippen LogP contribution >= 0.6 is 0 Å². The minimum atomic E-state index is -0.219. The lowest BCUT2D eigenvalue weighted by Gasteiger charge is -2.40. The Kier molecular flexibility index (Phi) is 6.35. The SMILES string of the molecule is O=C(NC[C@@H](c1cccnc1)N1CCN(c2ccc(F)cc2)CC1)c1ccccc1. The van der Waals surface area contributed by atoms with Gasteiger partial charge in [0.1, 0.15) is 5.82 Å². The zero-order valence-electron chi connectivity index (χ0n) is 16.7. The number of rotatable bonds is 6. The quantitative estimate of drug-likeness (QED) is 0.683. The number of hydrogen-bond donors (Lipinski definition) is 1. The number of anilines is 1. The third-order valence-electron chi connectivity index (χ3n) is 5.51. The number of piperazine rings is 1. The first-order valence-corrected chi connectivity index (χ1v) is 10.2. The topological polar surface area (TPSA) is 48.5 Å². The molecule has 6 heteroatoms. The van der Waals surface area contributed by atoms with Crippen LogP contribution in [-0.2, 0) is 0 Å². The molecular weight excluding hydrogens is 379 g/mol. The van der Waals surface area contributed by atoms with E-state index in [4.69, 9.17) is 0 Å². The van der Waals surface area contributed by atoms with Gasteiger partial charge in [-0.1, -0.05) is 24.3 Å². The minimum absolute atomic E-state index is 0.0433. The monoisotopic (exact) mass is 404 g/mol. The molecule has 0 saturated carbocycles. The molecule has 2 aromatic carbocycles. The van der Waals surface area contributed by atoms with Crippen LogP contribution in [0.1, 0.15) is 22.0 Å². The van der Waals surface area contributed by atoms with Crippen LogP contribution in [0.15, 0.2) is 79.1 Å². The van der Waals surface area contributed by atoms with E-state index in [9.17, 15) is 9.18 Å². The number of carbonyl (C=O) groups excluding carboxylic acids is 1. The first-order chi connectivity index (χ1) is 14.7. The molecule has 0 bridgehead atoms. The normalized spacial score (nSPS) is 15.6. The second-order valence-corrected chi connectivity index (χ2v) is 7.38. The first-order valence-electron chi connectivity index (χ1n) is 10.2. The van der Waals surface area contributed by atoms with Crippen molar-refractivity contribution in [3.8, 4) is 0 Å². The average molecular weight is 404 g/mol. The lowest BCUT2D eigenvalue weighted by atomic mass is 10.1. The van der Waals surface area contributed by atoms with Crippen LogP contribution in [0.2, 0.25) is 0 Å². The zero-order chi connectivity index (χ0) is 20.8. The summed E-state index contributed by atoms with van der Waals surface area (Å²) in [4.78, 5) is 21.5. The lowest BCUT2D eigenvalue weighted by Crippen LogP contribution is -2.50. The number of nitrogens with one attached hydrogen (secondary N) is 1. The van der Waals surface area contributed by atoms with Gasteiger partial charge in [0.05, 0.1) is 6.04 Å². The Bertz CT molecular complexity index is 942. The van der Waals surface area contributed by atoms with Crippen LogP contribution in [-0.4, -0.2) is 48.5 Å². The van der Waals surface area contributed by atoms with Gasteiger partial charge in [-0.15, -0.1) is 0 Å². The Hall–Kier alpha value is -3.25. The summed E-state index contributed by atoms with van der Waals surface area (Å²) in [6.45, 7) is 3.89. The first kappa shape index (κ1) is 20.0. The van der Waals surface area contributed by atoms with Gasteiger partial charge in [-0.25, -0.2) is 4.39 Å². The summed E-state index contributed by atoms with van der Waals surface area (Å²) in [5.41, 5.74) is 2.77. The van der Waals surface area contributed by atoms with Crippen molar-refractivity contribution in [1.82, 2.24) is 15.2 Å². The van der Waals surface area contributed by atoms with Crippen LogP contribution in [0.4, 0.5) is 10.1 Å². The second kappa shape index (κ2) is 9.50. The number of hydrogen-bond acceptors (Lipinski definition) is 4. The van der Waals surface area contributed by atoms with Crippen molar-refractivity contribution < 1.29 is 9.18 Å². The molecule has 4 rings (SSSR count). The summed E-state index contributed by atoms with van der Waals surface area (Å²) >= 11 is 0. The summed E-state index contributed by atoms with van der Waals surface area (Å²) in [6, 6.07) is 19.9. The van der Waals surface area contributed by atoms with E-state index in [2.05, 4.69) is 26.2 Å². The Labute approximate surface area is 176 Å². The van der Waals surface area contributed by atoms with Crippen molar-refractivity contribution in [1.29, 1.82) is 0 Å². The molecule has 1 fully saturated rings. The van der Waals surface area contributed by atoms with Crippen LogP contribution in [0.5, 0.6) is 0 Å². The number of nitrogens with zero attached hydrogens (tertiary/aromatic N) is 3. The maximum atomic E-state index is 13.2. The Morgan fingerprint density at radius 1 is 0.967 bits per heavy atom. The van der Waals surface area contributed by atoms with E-state index in [0.29, 0.717) is 12.1 Å². The van der Waals surface area contributed by atoms with E-state index < -0.39 is 0 Å². The number of aromatic nitrogens is 1. The van der Waals surface area contributed by atoms with Crippen molar-refractivity contribution in [3.05, 3.63) is 96.1 Å². The standard InChI is InChI=1S/C24H25FN4O/c25-21-8-10-22(11-9-21)28-13-15-29(16-14-28)23(20-7-4-12-26-17-20)18-27-24(30)19-5-2-1-3-6-19/h1-12,17,23H,13-16,18H2,(H,27,30)/t23-/m0/s1. The molecule has 1 aromatic heterocycles. The summed E-state index contributed by atoms with van der Waals surface area (Å²) in [7, 11) is 0. The highest BCUT2D eigenvalue weighted by atomic mass is 19.1. The van der Waals surface area contributed by atoms with Crippen LogP contribution in [0.25, 0.3) is 0 Å². The van der Waals surface area contributed by atoms with Crippen LogP contribution < -0.4 is 10.2 Å². The largest absolute Gasteiger partial charge is 0.369 e. The Balaban J connectivity index is 1.43.